The number of benzene rings is 1. The number of carbonyl (C=O) groups excluding carboxylic acids is 2. The molecule has 5 nitrogen and oxygen atoms in total. The molecule has 0 aromatic heterocycles. The van der Waals surface area contributed by atoms with Crippen LogP contribution in [0, 0.1) is 5.92 Å². The lowest BCUT2D eigenvalue weighted by molar-refractivity contribution is -0.144. The normalized spacial score (nSPS) is 18.0. The highest BCUT2D eigenvalue weighted by molar-refractivity contribution is 5.79. The van der Waals surface area contributed by atoms with Crippen molar-refractivity contribution in [3.8, 4) is 0 Å². The van der Waals surface area contributed by atoms with Crippen molar-refractivity contribution < 1.29 is 28.2 Å². The quantitative estimate of drug-likeness (QED) is 0.265. The number of alkyl halides is 2. The minimum Gasteiger partial charge on any atom is -0.465 e. The molecule has 2 rings (SSSR count). The SMILES string of the molecule is CC(C)COC(=O)CCCCCCN1C(=O)CCC1C=CC(O)C(F)(F)c1ccccc1. The Morgan fingerprint density at radius 2 is 1.91 bits per heavy atom. The average Bonchev–Trinajstić information content (AvgIpc) is 3.12. The van der Waals surface area contributed by atoms with E-state index >= 15 is 0 Å². The third-order valence-corrected chi connectivity index (χ3v) is 5.53. The Bertz CT molecular complexity index is 752. The van der Waals surface area contributed by atoms with E-state index in [0.29, 0.717) is 38.3 Å². The van der Waals surface area contributed by atoms with Gasteiger partial charge in [0, 0.05) is 24.9 Å². The lowest BCUT2D eigenvalue weighted by Gasteiger charge is -2.24. The van der Waals surface area contributed by atoms with E-state index in [1.807, 2.05) is 13.8 Å². The van der Waals surface area contributed by atoms with Crippen LogP contribution in [0.5, 0.6) is 0 Å². The van der Waals surface area contributed by atoms with E-state index in [1.165, 1.54) is 30.3 Å². The largest absolute Gasteiger partial charge is 0.465 e. The molecule has 1 saturated heterocycles. The van der Waals surface area contributed by atoms with Gasteiger partial charge < -0.3 is 14.7 Å². The fourth-order valence-corrected chi connectivity index (χ4v) is 3.67. The number of ether oxygens (including phenoxy) is 1. The Kier molecular flexibility index (Phi) is 10.3. The summed E-state index contributed by atoms with van der Waals surface area (Å²) in [5.41, 5.74) is -0.246. The molecule has 1 N–H and O–H groups in total. The van der Waals surface area contributed by atoms with Gasteiger partial charge in [-0.3, -0.25) is 9.59 Å². The number of halogens is 2. The van der Waals surface area contributed by atoms with Crippen LogP contribution in [0.25, 0.3) is 0 Å². The lowest BCUT2D eigenvalue weighted by Crippen LogP contribution is -2.34. The van der Waals surface area contributed by atoms with E-state index in [1.54, 1.807) is 11.0 Å². The van der Waals surface area contributed by atoms with E-state index in [-0.39, 0.29) is 23.5 Å². The summed E-state index contributed by atoms with van der Waals surface area (Å²) in [7, 11) is 0. The van der Waals surface area contributed by atoms with Crippen LogP contribution in [-0.4, -0.2) is 47.2 Å². The highest BCUT2D eigenvalue weighted by Crippen LogP contribution is 2.32. The molecule has 1 aliphatic heterocycles. The molecule has 2 atom stereocenters. The molecule has 0 saturated carbocycles. The van der Waals surface area contributed by atoms with Crippen LogP contribution in [0.2, 0.25) is 0 Å². The zero-order valence-electron chi connectivity index (χ0n) is 19.0. The lowest BCUT2D eigenvalue weighted by atomic mass is 10.0. The first-order valence-corrected chi connectivity index (χ1v) is 11.5. The van der Waals surface area contributed by atoms with Gasteiger partial charge in [0.05, 0.1) is 12.6 Å². The second-order valence-corrected chi connectivity index (χ2v) is 8.75. The van der Waals surface area contributed by atoms with E-state index in [2.05, 4.69) is 0 Å². The van der Waals surface area contributed by atoms with Crippen LogP contribution in [0.1, 0.15) is 64.4 Å². The number of nitrogens with zero attached hydrogens (tertiary/aromatic N) is 1. The zero-order chi connectivity index (χ0) is 23.6. The predicted octanol–water partition coefficient (Wildman–Crippen LogP) is 4.84. The Hall–Kier alpha value is -2.28. The topological polar surface area (TPSA) is 66.8 Å². The maximum atomic E-state index is 14.4. The molecule has 1 aliphatic rings. The number of aliphatic hydroxyl groups excluding tert-OH is 1. The minimum atomic E-state index is -3.40. The van der Waals surface area contributed by atoms with Crippen molar-refractivity contribution in [2.45, 2.75) is 76.9 Å². The summed E-state index contributed by atoms with van der Waals surface area (Å²) in [4.78, 5) is 25.5. The molecule has 0 aliphatic carbocycles. The Labute approximate surface area is 189 Å². The highest BCUT2D eigenvalue weighted by atomic mass is 19.3. The van der Waals surface area contributed by atoms with Gasteiger partial charge >= 0.3 is 11.9 Å². The number of aliphatic hydroxyl groups is 1. The van der Waals surface area contributed by atoms with E-state index in [9.17, 15) is 23.5 Å². The van der Waals surface area contributed by atoms with Crippen molar-refractivity contribution in [1.29, 1.82) is 0 Å². The molecule has 0 radical (unpaired) electrons. The molecular formula is C25H35F2NO4. The monoisotopic (exact) mass is 451 g/mol. The van der Waals surface area contributed by atoms with Gasteiger partial charge in [-0.25, -0.2) is 0 Å². The second-order valence-electron chi connectivity index (χ2n) is 8.75. The maximum Gasteiger partial charge on any atom is 0.305 e. The van der Waals surface area contributed by atoms with Gasteiger partial charge in [-0.1, -0.05) is 69.2 Å². The standard InChI is InChI=1S/C25H35F2NO4/c1-19(2)18-32-24(31)12-8-3-4-9-17-28-21(14-16-23(28)30)13-15-22(29)25(26,27)20-10-6-5-7-11-20/h5-7,10-11,13,15,19,21-22,29H,3-4,8-9,12,14,16-18H2,1-2H3. The molecule has 1 amide bonds. The summed E-state index contributed by atoms with van der Waals surface area (Å²) in [5, 5.41) is 10.1. The van der Waals surface area contributed by atoms with Gasteiger partial charge in [-0.15, -0.1) is 0 Å². The Balaban J connectivity index is 1.75. The molecule has 2 unspecified atom stereocenters. The third kappa shape index (κ3) is 8.01. The van der Waals surface area contributed by atoms with Crippen molar-refractivity contribution in [1.82, 2.24) is 4.90 Å². The van der Waals surface area contributed by atoms with E-state index in [0.717, 1.165) is 31.8 Å². The summed E-state index contributed by atoms with van der Waals surface area (Å²) in [5.74, 6) is -3.25. The molecular weight excluding hydrogens is 416 g/mol. The highest BCUT2D eigenvalue weighted by Gasteiger charge is 2.39. The average molecular weight is 452 g/mol. The molecule has 1 fully saturated rings. The summed E-state index contributed by atoms with van der Waals surface area (Å²) >= 11 is 0. The van der Waals surface area contributed by atoms with Crippen molar-refractivity contribution in [2.75, 3.05) is 13.2 Å². The number of esters is 1. The summed E-state index contributed by atoms with van der Waals surface area (Å²) in [6.07, 6.45) is 5.25. The second kappa shape index (κ2) is 12.7. The fourth-order valence-electron chi connectivity index (χ4n) is 3.67. The Morgan fingerprint density at radius 3 is 2.59 bits per heavy atom. The van der Waals surface area contributed by atoms with E-state index in [4.69, 9.17) is 4.74 Å². The number of hydrogen-bond acceptors (Lipinski definition) is 4. The minimum absolute atomic E-state index is 0.00113. The van der Waals surface area contributed by atoms with Crippen molar-refractivity contribution in [3.05, 3.63) is 48.0 Å². The van der Waals surface area contributed by atoms with Crippen LogP contribution >= 0.6 is 0 Å². The number of amides is 1. The molecule has 1 aromatic rings. The van der Waals surface area contributed by atoms with Crippen molar-refractivity contribution in [3.63, 3.8) is 0 Å². The molecule has 178 valence electrons. The van der Waals surface area contributed by atoms with Gasteiger partial charge in [0.25, 0.3) is 0 Å². The number of hydrogen-bond donors (Lipinski definition) is 1. The molecule has 1 heterocycles. The van der Waals surface area contributed by atoms with E-state index < -0.39 is 12.0 Å². The Morgan fingerprint density at radius 1 is 1.22 bits per heavy atom. The van der Waals surface area contributed by atoms with Crippen LogP contribution < -0.4 is 0 Å². The van der Waals surface area contributed by atoms with Crippen molar-refractivity contribution >= 4 is 11.9 Å². The van der Waals surface area contributed by atoms with Gasteiger partial charge in [0.1, 0.15) is 6.10 Å². The smallest absolute Gasteiger partial charge is 0.305 e. The maximum absolute atomic E-state index is 14.4. The molecule has 7 heteroatoms. The molecule has 1 aromatic carbocycles. The first-order valence-electron chi connectivity index (χ1n) is 11.5. The zero-order valence-corrected chi connectivity index (χ0v) is 19.0. The van der Waals surface area contributed by atoms with Crippen molar-refractivity contribution in [2.24, 2.45) is 5.92 Å². The number of carbonyl (C=O) groups is 2. The predicted molar refractivity (Wildman–Crippen MR) is 119 cm³/mol. The third-order valence-electron chi connectivity index (χ3n) is 5.53. The van der Waals surface area contributed by atoms with Crippen LogP contribution in [-0.2, 0) is 20.2 Å². The molecule has 0 bridgehead atoms. The number of rotatable bonds is 13. The fraction of sp³-hybridized carbons (Fsp3) is 0.600. The van der Waals surface area contributed by atoms with Gasteiger partial charge in [0.2, 0.25) is 5.91 Å². The van der Waals surface area contributed by atoms with Gasteiger partial charge in [-0.05, 0) is 25.2 Å². The van der Waals surface area contributed by atoms with Gasteiger partial charge in [-0.2, -0.15) is 8.78 Å². The molecule has 0 spiro atoms. The number of unbranched alkanes of at least 4 members (excludes halogenated alkanes) is 3. The first-order chi connectivity index (χ1) is 15.2. The van der Waals surface area contributed by atoms with Crippen LogP contribution in [0.3, 0.4) is 0 Å². The van der Waals surface area contributed by atoms with Gasteiger partial charge in [0.15, 0.2) is 0 Å². The number of likely N-dealkylation sites (tertiary alicyclic amines) is 1. The molecule has 32 heavy (non-hydrogen) atoms. The summed E-state index contributed by atoms with van der Waals surface area (Å²) in [6, 6.07) is 6.94. The first kappa shape index (κ1) is 26.0. The summed E-state index contributed by atoms with van der Waals surface area (Å²) in [6.45, 7) is 4.96. The summed E-state index contributed by atoms with van der Waals surface area (Å²) < 4.78 is 34.0. The van der Waals surface area contributed by atoms with Crippen LogP contribution in [0.15, 0.2) is 42.5 Å². The van der Waals surface area contributed by atoms with Crippen LogP contribution in [0.4, 0.5) is 8.78 Å².